The van der Waals surface area contributed by atoms with Gasteiger partial charge in [-0.3, -0.25) is 4.79 Å². The van der Waals surface area contributed by atoms with Gasteiger partial charge in [0.2, 0.25) is 5.91 Å². The maximum atomic E-state index is 12.0. The number of fused-ring (bicyclic) bond motifs is 1. The van der Waals surface area contributed by atoms with E-state index in [1.165, 1.54) is 0 Å². The second kappa shape index (κ2) is 6.73. The fourth-order valence-corrected chi connectivity index (χ4v) is 2.57. The SMILES string of the molecule is Cc1noc(C)c1CC(=O)NCCc1ccc2c(c1)OCCO2. The molecule has 6 heteroatoms. The lowest BCUT2D eigenvalue weighted by Crippen LogP contribution is -2.27. The minimum atomic E-state index is -0.0306. The second-order valence-electron chi connectivity index (χ2n) is 5.56. The minimum absolute atomic E-state index is 0.0306. The molecule has 0 fully saturated rings. The van der Waals surface area contributed by atoms with Crippen LogP contribution in [0.4, 0.5) is 0 Å². The summed E-state index contributed by atoms with van der Waals surface area (Å²) in [5.41, 5.74) is 2.73. The van der Waals surface area contributed by atoms with Crippen molar-refractivity contribution in [1.29, 1.82) is 0 Å². The van der Waals surface area contributed by atoms with Crippen molar-refractivity contribution in [2.75, 3.05) is 19.8 Å². The molecule has 1 aliphatic heterocycles. The molecule has 6 nitrogen and oxygen atoms in total. The number of ether oxygens (including phenoxy) is 2. The Bertz CT molecular complexity index is 689. The highest BCUT2D eigenvalue weighted by molar-refractivity contribution is 5.79. The molecule has 0 aliphatic carbocycles. The fraction of sp³-hybridized carbons (Fsp3) is 0.412. The van der Waals surface area contributed by atoms with Gasteiger partial charge in [0, 0.05) is 12.1 Å². The highest BCUT2D eigenvalue weighted by atomic mass is 16.6. The Labute approximate surface area is 134 Å². The van der Waals surface area contributed by atoms with Gasteiger partial charge in [0.1, 0.15) is 19.0 Å². The first kappa shape index (κ1) is 15.4. The Morgan fingerprint density at radius 2 is 2.00 bits per heavy atom. The summed E-state index contributed by atoms with van der Waals surface area (Å²) in [5, 5.41) is 6.78. The molecule has 1 aromatic heterocycles. The quantitative estimate of drug-likeness (QED) is 0.913. The lowest BCUT2D eigenvalue weighted by molar-refractivity contribution is -0.120. The molecule has 1 aliphatic rings. The van der Waals surface area contributed by atoms with Crippen LogP contribution >= 0.6 is 0 Å². The lowest BCUT2D eigenvalue weighted by atomic mass is 10.1. The highest BCUT2D eigenvalue weighted by Gasteiger charge is 2.14. The molecule has 0 radical (unpaired) electrons. The molecule has 122 valence electrons. The van der Waals surface area contributed by atoms with Crippen LogP contribution < -0.4 is 14.8 Å². The summed E-state index contributed by atoms with van der Waals surface area (Å²) in [4.78, 5) is 12.0. The van der Waals surface area contributed by atoms with E-state index in [0.29, 0.717) is 31.9 Å². The minimum Gasteiger partial charge on any atom is -0.486 e. The maximum absolute atomic E-state index is 12.0. The van der Waals surface area contributed by atoms with Gasteiger partial charge in [-0.25, -0.2) is 0 Å². The Morgan fingerprint density at radius 3 is 2.74 bits per heavy atom. The van der Waals surface area contributed by atoms with Gasteiger partial charge in [-0.15, -0.1) is 0 Å². The van der Waals surface area contributed by atoms with Crippen molar-refractivity contribution in [3.8, 4) is 11.5 Å². The lowest BCUT2D eigenvalue weighted by Gasteiger charge is -2.18. The average Bonchev–Trinajstić information content (AvgIpc) is 2.87. The van der Waals surface area contributed by atoms with Crippen molar-refractivity contribution >= 4 is 5.91 Å². The fourth-order valence-electron chi connectivity index (χ4n) is 2.57. The Kier molecular flexibility index (Phi) is 4.50. The van der Waals surface area contributed by atoms with Gasteiger partial charge in [-0.05, 0) is 38.0 Å². The molecule has 2 aromatic rings. The van der Waals surface area contributed by atoms with E-state index in [2.05, 4.69) is 10.5 Å². The van der Waals surface area contributed by atoms with Gasteiger partial charge in [-0.1, -0.05) is 11.2 Å². The van der Waals surface area contributed by atoms with Crippen molar-refractivity contribution in [3.05, 3.63) is 40.8 Å². The molecule has 0 saturated carbocycles. The van der Waals surface area contributed by atoms with Gasteiger partial charge in [0.25, 0.3) is 0 Å². The van der Waals surface area contributed by atoms with Crippen molar-refractivity contribution in [3.63, 3.8) is 0 Å². The topological polar surface area (TPSA) is 73.6 Å². The van der Waals surface area contributed by atoms with Gasteiger partial charge in [-0.2, -0.15) is 0 Å². The number of hydrogen-bond donors (Lipinski definition) is 1. The van der Waals surface area contributed by atoms with Crippen LogP contribution in [0, 0.1) is 13.8 Å². The van der Waals surface area contributed by atoms with Crippen molar-refractivity contribution in [2.45, 2.75) is 26.7 Å². The zero-order chi connectivity index (χ0) is 16.2. The largest absolute Gasteiger partial charge is 0.486 e. The molecule has 2 heterocycles. The Hall–Kier alpha value is -2.50. The molecule has 0 atom stereocenters. The van der Waals surface area contributed by atoms with E-state index in [0.717, 1.165) is 34.7 Å². The Balaban J connectivity index is 1.50. The molecule has 1 N–H and O–H groups in total. The predicted octanol–water partition coefficient (Wildman–Crippen LogP) is 1.96. The highest BCUT2D eigenvalue weighted by Crippen LogP contribution is 2.30. The number of nitrogens with one attached hydrogen (secondary N) is 1. The summed E-state index contributed by atoms with van der Waals surface area (Å²) in [6.45, 7) is 5.39. The smallest absolute Gasteiger partial charge is 0.224 e. The predicted molar refractivity (Wildman–Crippen MR) is 83.8 cm³/mol. The molecule has 3 rings (SSSR count). The molecule has 1 aromatic carbocycles. The summed E-state index contributed by atoms with van der Waals surface area (Å²) in [6, 6.07) is 5.87. The zero-order valence-corrected chi connectivity index (χ0v) is 13.3. The molecular formula is C17H20N2O4. The molecule has 0 unspecified atom stereocenters. The summed E-state index contributed by atoms with van der Waals surface area (Å²) in [5.74, 6) is 2.22. The number of amides is 1. The maximum Gasteiger partial charge on any atom is 0.224 e. The second-order valence-corrected chi connectivity index (χ2v) is 5.56. The van der Waals surface area contributed by atoms with Crippen LogP contribution in [0.1, 0.15) is 22.6 Å². The molecular weight excluding hydrogens is 296 g/mol. The Morgan fingerprint density at radius 1 is 1.22 bits per heavy atom. The molecule has 0 spiro atoms. The van der Waals surface area contributed by atoms with Gasteiger partial charge in [0.15, 0.2) is 11.5 Å². The van der Waals surface area contributed by atoms with Crippen LogP contribution in [0.5, 0.6) is 11.5 Å². The van der Waals surface area contributed by atoms with Crippen LogP contribution in [0.25, 0.3) is 0 Å². The van der Waals surface area contributed by atoms with E-state index < -0.39 is 0 Å². The van der Waals surface area contributed by atoms with E-state index in [1.54, 1.807) is 0 Å². The number of aryl methyl sites for hydroxylation is 2. The number of rotatable bonds is 5. The van der Waals surface area contributed by atoms with Crippen LogP contribution in [-0.4, -0.2) is 30.8 Å². The van der Waals surface area contributed by atoms with Crippen LogP contribution in [0.15, 0.2) is 22.7 Å². The van der Waals surface area contributed by atoms with Gasteiger partial charge in [0.05, 0.1) is 12.1 Å². The number of aromatic nitrogens is 1. The van der Waals surface area contributed by atoms with Gasteiger partial charge < -0.3 is 19.3 Å². The first-order chi connectivity index (χ1) is 11.1. The third-order valence-corrected chi connectivity index (χ3v) is 3.86. The molecule has 23 heavy (non-hydrogen) atoms. The van der Waals surface area contributed by atoms with Crippen LogP contribution in [0.2, 0.25) is 0 Å². The monoisotopic (exact) mass is 316 g/mol. The average molecular weight is 316 g/mol. The summed E-state index contributed by atoms with van der Waals surface area (Å²) in [7, 11) is 0. The number of benzene rings is 1. The normalized spacial score (nSPS) is 13.0. The number of hydrogen-bond acceptors (Lipinski definition) is 5. The van der Waals surface area contributed by atoms with Crippen LogP contribution in [-0.2, 0) is 17.6 Å². The first-order valence-corrected chi connectivity index (χ1v) is 7.70. The summed E-state index contributed by atoms with van der Waals surface area (Å²) >= 11 is 0. The number of carbonyl (C=O) groups is 1. The molecule has 0 saturated heterocycles. The zero-order valence-electron chi connectivity index (χ0n) is 13.3. The first-order valence-electron chi connectivity index (χ1n) is 7.70. The third kappa shape index (κ3) is 3.64. The number of carbonyl (C=O) groups excluding carboxylic acids is 1. The summed E-state index contributed by atoms with van der Waals surface area (Å²) < 4.78 is 16.1. The standard InChI is InChI=1S/C17H20N2O4/c1-11-14(12(2)23-19-11)10-17(20)18-6-5-13-3-4-15-16(9-13)22-8-7-21-15/h3-4,9H,5-8,10H2,1-2H3,(H,18,20). The number of nitrogens with zero attached hydrogens (tertiary/aromatic N) is 1. The van der Waals surface area contributed by atoms with Crippen LogP contribution in [0.3, 0.4) is 0 Å². The van der Waals surface area contributed by atoms with E-state index in [4.69, 9.17) is 14.0 Å². The van der Waals surface area contributed by atoms with Crippen molar-refractivity contribution in [1.82, 2.24) is 10.5 Å². The third-order valence-electron chi connectivity index (χ3n) is 3.86. The summed E-state index contributed by atoms with van der Waals surface area (Å²) in [6.07, 6.45) is 1.03. The van der Waals surface area contributed by atoms with Crippen molar-refractivity contribution < 1.29 is 18.8 Å². The molecule has 0 bridgehead atoms. The van der Waals surface area contributed by atoms with E-state index in [-0.39, 0.29) is 5.91 Å². The molecule has 1 amide bonds. The van der Waals surface area contributed by atoms with Crippen molar-refractivity contribution in [2.24, 2.45) is 0 Å². The van der Waals surface area contributed by atoms with E-state index in [9.17, 15) is 4.79 Å². The van der Waals surface area contributed by atoms with E-state index >= 15 is 0 Å². The van der Waals surface area contributed by atoms with Gasteiger partial charge >= 0.3 is 0 Å². The van der Waals surface area contributed by atoms with E-state index in [1.807, 2.05) is 32.0 Å².